The van der Waals surface area contributed by atoms with E-state index in [4.69, 9.17) is 11.6 Å². The lowest BCUT2D eigenvalue weighted by Gasteiger charge is -2.36. The molecule has 5 heteroatoms. The zero-order valence-corrected chi connectivity index (χ0v) is 17.0. The molecule has 2 N–H and O–H groups in total. The first-order chi connectivity index (χ1) is 14.1. The highest BCUT2D eigenvalue weighted by Crippen LogP contribution is 2.29. The Morgan fingerprint density at radius 1 is 1.07 bits per heavy atom. The number of hydrogen-bond acceptors (Lipinski definition) is 4. The molecule has 0 aliphatic heterocycles. The van der Waals surface area contributed by atoms with Crippen molar-refractivity contribution in [1.29, 1.82) is 0 Å². The van der Waals surface area contributed by atoms with E-state index in [-0.39, 0.29) is 0 Å². The summed E-state index contributed by atoms with van der Waals surface area (Å²) in [7, 11) is 0. The number of aryl methyl sites for hydroxylation is 1. The summed E-state index contributed by atoms with van der Waals surface area (Å²) in [5.41, 5.74) is 4.49. The molecule has 0 radical (unpaired) electrons. The molecular weight excluding hydrogens is 384 g/mol. The third kappa shape index (κ3) is 4.96. The Bertz CT molecular complexity index is 947. The summed E-state index contributed by atoms with van der Waals surface area (Å²) >= 11 is 5.89. The van der Waals surface area contributed by atoms with Crippen molar-refractivity contribution in [2.24, 2.45) is 0 Å². The molecule has 150 valence electrons. The standard InChI is InChI=1S/C24H25ClN2O2/c25-24-11-8-19(14-26-24)23(29)16-27(15-17-4-2-1-3-5-17)21-9-6-18-7-10-22(28)13-20(18)12-21/h1-5,7-8,10-11,13-14,21,23,28-29H,6,9,12,15-16H2/t21-,23+/m0/s1. The smallest absolute Gasteiger partial charge is 0.129 e. The van der Waals surface area contributed by atoms with E-state index < -0.39 is 6.10 Å². The monoisotopic (exact) mass is 408 g/mol. The van der Waals surface area contributed by atoms with Gasteiger partial charge in [-0.05, 0) is 54.2 Å². The lowest BCUT2D eigenvalue weighted by Crippen LogP contribution is -2.41. The van der Waals surface area contributed by atoms with Crippen molar-refractivity contribution in [3.8, 4) is 5.75 Å². The van der Waals surface area contributed by atoms with E-state index in [0.29, 0.717) is 23.5 Å². The van der Waals surface area contributed by atoms with Crippen LogP contribution in [-0.2, 0) is 19.4 Å². The zero-order valence-electron chi connectivity index (χ0n) is 16.2. The van der Waals surface area contributed by atoms with E-state index in [9.17, 15) is 10.2 Å². The summed E-state index contributed by atoms with van der Waals surface area (Å²) in [6.07, 6.45) is 3.86. The van der Waals surface area contributed by atoms with Gasteiger partial charge in [-0.25, -0.2) is 4.98 Å². The number of benzene rings is 2. The molecule has 29 heavy (non-hydrogen) atoms. The predicted octanol–water partition coefficient (Wildman–Crippen LogP) is 4.53. The van der Waals surface area contributed by atoms with Crippen LogP contribution in [0.25, 0.3) is 0 Å². The highest BCUT2D eigenvalue weighted by molar-refractivity contribution is 6.29. The van der Waals surface area contributed by atoms with Crippen LogP contribution >= 0.6 is 11.6 Å². The van der Waals surface area contributed by atoms with Crippen LogP contribution in [0.15, 0.2) is 66.9 Å². The minimum absolute atomic E-state index is 0.291. The maximum Gasteiger partial charge on any atom is 0.129 e. The van der Waals surface area contributed by atoms with Crippen molar-refractivity contribution >= 4 is 11.6 Å². The zero-order chi connectivity index (χ0) is 20.2. The highest BCUT2D eigenvalue weighted by atomic mass is 35.5. The summed E-state index contributed by atoms with van der Waals surface area (Å²) in [6, 6.07) is 19.8. The van der Waals surface area contributed by atoms with Gasteiger partial charge in [0, 0.05) is 30.9 Å². The maximum atomic E-state index is 10.9. The summed E-state index contributed by atoms with van der Waals surface area (Å²) in [6.45, 7) is 1.27. The molecule has 2 atom stereocenters. The van der Waals surface area contributed by atoms with Crippen LogP contribution in [0.4, 0.5) is 0 Å². The van der Waals surface area contributed by atoms with Crippen molar-refractivity contribution in [3.05, 3.63) is 94.3 Å². The Kier molecular flexibility index (Phi) is 6.14. The first-order valence-electron chi connectivity index (χ1n) is 9.97. The second-order valence-electron chi connectivity index (χ2n) is 7.69. The fourth-order valence-corrected chi connectivity index (χ4v) is 4.22. The van der Waals surface area contributed by atoms with Crippen LogP contribution in [0.5, 0.6) is 5.75 Å². The lowest BCUT2D eigenvalue weighted by molar-refractivity contribution is 0.0757. The fourth-order valence-electron chi connectivity index (χ4n) is 4.11. The van der Waals surface area contributed by atoms with Crippen molar-refractivity contribution in [1.82, 2.24) is 9.88 Å². The van der Waals surface area contributed by atoms with Crippen LogP contribution < -0.4 is 0 Å². The Morgan fingerprint density at radius 2 is 1.90 bits per heavy atom. The molecule has 1 heterocycles. The van der Waals surface area contributed by atoms with Crippen LogP contribution in [0.3, 0.4) is 0 Å². The average molecular weight is 409 g/mol. The number of pyridine rings is 1. The van der Waals surface area contributed by atoms with E-state index in [1.165, 1.54) is 16.7 Å². The number of hydrogen-bond donors (Lipinski definition) is 2. The lowest BCUT2D eigenvalue weighted by atomic mass is 9.87. The minimum atomic E-state index is -0.644. The SMILES string of the molecule is Oc1ccc2c(c1)C[C@@H](N(Cc1ccccc1)C[C@@H](O)c1ccc(Cl)nc1)CC2. The number of halogens is 1. The van der Waals surface area contributed by atoms with Gasteiger partial charge in [0.25, 0.3) is 0 Å². The third-order valence-corrected chi connectivity index (χ3v) is 5.90. The van der Waals surface area contributed by atoms with Crippen LogP contribution in [0.2, 0.25) is 5.15 Å². The van der Waals surface area contributed by atoms with Gasteiger partial charge in [-0.3, -0.25) is 4.90 Å². The number of fused-ring (bicyclic) bond motifs is 1. The molecular formula is C24H25ClN2O2. The van der Waals surface area contributed by atoms with Gasteiger partial charge in [-0.1, -0.05) is 54.1 Å². The van der Waals surface area contributed by atoms with Crippen molar-refractivity contribution in [2.45, 2.75) is 38.0 Å². The molecule has 0 amide bonds. The molecule has 0 fully saturated rings. The summed E-state index contributed by atoms with van der Waals surface area (Å²) in [5, 5.41) is 21.2. The van der Waals surface area contributed by atoms with Gasteiger partial charge in [0.1, 0.15) is 10.9 Å². The second-order valence-corrected chi connectivity index (χ2v) is 8.08. The summed E-state index contributed by atoms with van der Waals surface area (Å²) in [4.78, 5) is 6.45. The van der Waals surface area contributed by atoms with Gasteiger partial charge in [0.05, 0.1) is 6.10 Å². The largest absolute Gasteiger partial charge is 0.508 e. The predicted molar refractivity (Wildman–Crippen MR) is 115 cm³/mol. The van der Waals surface area contributed by atoms with E-state index >= 15 is 0 Å². The Balaban J connectivity index is 1.55. The normalized spacial score (nSPS) is 17.1. The van der Waals surface area contributed by atoms with Crippen molar-refractivity contribution in [3.63, 3.8) is 0 Å². The van der Waals surface area contributed by atoms with E-state index in [1.807, 2.05) is 36.4 Å². The Labute approximate surface area is 176 Å². The van der Waals surface area contributed by atoms with Crippen molar-refractivity contribution < 1.29 is 10.2 Å². The van der Waals surface area contributed by atoms with Gasteiger partial charge in [-0.2, -0.15) is 0 Å². The number of rotatable bonds is 6. The van der Waals surface area contributed by atoms with E-state index in [1.54, 1.807) is 18.3 Å². The molecule has 4 nitrogen and oxygen atoms in total. The average Bonchev–Trinajstić information content (AvgIpc) is 2.74. The molecule has 0 saturated heterocycles. The first kappa shape index (κ1) is 19.9. The van der Waals surface area contributed by atoms with Gasteiger partial charge >= 0.3 is 0 Å². The number of aliphatic hydroxyl groups is 1. The number of nitrogens with zero attached hydrogens (tertiary/aromatic N) is 2. The fraction of sp³-hybridized carbons (Fsp3) is 0.292. The Hall–Kier alpha value is -2.40. The van der Waals surface area contributed by atoms with E-state index in [2.05, 4.69) is 22.0 Å². The quantitative estimate of drug-likeness (QED) is 0.588. The number of aromatic hydroxyl groups is 1. The van der Waals surface area contributed by atoms with Gasteiger partial charge in [0.15, 0.2) is 0 Å². The maximum absolute atomic E-state index is 10.9. The number of aromatic nitrogens is 1. The molecule has 1 aliphatic rings. The molecule has 0 bridgehead atoms. The first-order valence-corrected chi connectivity index (χ1v) is 10.3. The molecule has 3 aromatic rings. The number of aliphatic hydroxyl groups excluding tert-OH is 1. The summed E-state index contributed by atoms with van der Waals surface area (Å²) < 4.78 is 0. The van der Waals surface area contributed by atoms with Crippen LogP contribution in [-0.4, -0.2) is 32.7 Å². The van der Waals surface area contributed by atoms with Crippen LogP contribution in [0.1, 0.15) is 34.8 Å². The molecule has 4 rings (SSSR count). The van der Waals surface area contributed by atoms with Gasteiger partial charge in [-0.15, -0.1) is 0 Å². The third-order valence-electron chi connectivity index (χ3n) is 5.68. The molecule has 1 aromatic heterocycles. The number of phenols is 1. The molecule has 0 saturated carbocycles. The van der Waals surface area contributed by atoms with E-state index in [0.717, 1.165) is 31.4 Å². The minimum Gasteiger partial charge on any atom is -0.508 e. The Morgan fingerprint density at radius 3 is 2.66 bits per heavy atom. The van der Waals surface area contributed by atoms with Crippen molar-refractivity contribution in [2.75, 3.05) is 6.54 Å². The number of phenolic OH excluding ortho intramolecular Hbond substituents is 1. The summed E-state index contributed by atoms with van der Waals surface area (Å²) in [5.74, 6) is 0.311. The molecule has 1 aliphatic carbocycles. The van der Waals surface area contributed by atoms with Gasteiger partial charge in [0.2, 0.25) is 0 Å². The van der Waals surface area contributed by atoms with Gasteiger partial charge < -0.3 is 10.2 Å². The molecule has 2 aromatic carbocycles. The molecule has 0 unspecified atom stereocenters. The topological polar surface area (TPSA) is 56.6 Å². The highest BCUT2D eigenvalue weighted by Gasteiger charge is 2.27. The molecule has 0 spiro atoms. The van der Waals surface area contributed by atoms with Crippen LogP contribution in [0, 0.1) is 0 Å². The second kappa shape index (κ2) is 8.95.